The molecular formula is C20H25N3O4S. The summed E-state index contributed by atoms with van der Waals surface area (Å²) in [5, 5.41) is 5.22. The smallest absolute Gasteiger partial charge is 0.261 e. The minimum atomic E-state index is -3.85. The van der Waals surface area contributed by atoms with E-state index in [9.17, 15) is 18.0 Å². The van der Waals surface area contributed by atoms with Crippen LogP contribution in [0.3, 0.4) is 0 Å². The Morgan fingerprint density at radius 2 is 1.64 bits per heavy atom. The molecule has 0 aliphatic rings. The highest BCUT2D eigenvalue weighted by molar-refractivity contribution is 7.92. The van der Waals surface area contributed by atoms with Gasteiger partial charge in [0.2, 0.25) is 5.91 Å². The number of carbonyl (C=O) groups is 2. The van der Waals surface area contributed by atoms with Crippen LogP contribution >= 0.6 is 0 Å². The number of benzene rings is 2. The molecule has 8 heteroatoms. The van der Waals surface area contributed by atoms with E-state index in [0.717, 1.165) is 5.56 Å². The van der Waals surface area contributed by atoms with Crippen molar-refractivity contribution in [3.8, 4) is 0 Å². The van der Waals surface area contributed by atoms with Crippen LogP contribution in [0.2, 0.25) is 0 Å². The molecule has 0 unspecified atom stereocenters. The van der Waals surface area contributed by atoms with Crippen LogP contribution in [0.1, 0.15) is 36.7 Å². The first-order chi connectivity index (χ1) is 13.0. The molecule has 3 N–H and O–H groups in total. The lowest BCUT2D eigenvalue weighted by Crippen LogP contribution is -2.45. The number of rotatable bonds is 6. The molecule has 0 fully saturated rings. The number of nitrogens with one attached hydrogen (secondary N) is 3. The average molecular weight is 404 g/mol. The zero-order valence-electron chi connectivity index (χ0n) is 16.4. The van der Waals surface area contributed by atoms with Gasteiger partial charge in [0.25, 0.3) is 15.9 Å². The predicted octanol–water partition coefficient (Wildman–Crippen LogP) is 2.44. The Labute approximate surface area is 165 Å². The summed E-state index contributed by atoms with van der Waals surface area (Å²) < 4.78 is 27.6. The predicted molar refractivity (Wildman–Crippen MR) is 109 cm³/mol. The van der Waals surface area contributed by atoms with Crippen molar-refractivity contribution < 1.29 is 18.0 Å². The number of sulfonamides is 1. The summed E-state index contributed by atoms with van der Waals surface area (Å²) in [5.41, 5.74) is 1.18. The number of hydrogen-bond donors (Lipinski definition) is 3. The standard InChI is InChI=1S/C20H25N3O4S/c1-14-8-10-16(11-9-14)23-28(26,27)17-7-5-6-15(12-17)19(25)21-13-18(24)22-20(2,3)4/h5-12,23H,13H2,1-4H3,(H,21,25)(H,22,24). The molecule has 0 radical (unpaired) electrons. The van der Waals surface area contributed by atoms with Crippen molar-refractivity contribution in [3.63, 3.8) is 0 Å². The molecular weight excluding hydrogens is 378 g/mol. The summed E-state index contributed by atoms with van der Waals surface area (Å²) in [4.78, 5) is 24.1. The van der Waals surface area contributed by atoms with Gasteiger partial charge in [-0.3, -0.25) is 14.3 Å². The van der Waals surface area contributed by atoms with Gasteiger partial charge in [0.15, 0.2) is 0 Å². The van der Waals surface area contributed by atoms with Crippen LogP contribution < -0.4 is 15.4 Å². The summed E-state index contributed by atoms with van der Waals surface area (Å²) >= 11 is 0. The fourth-order valence-electron chi connectivity index (χ4n) is 2.37. The largest absolute Gasteiger partial charge is 0.350 e. The summed E-state index contributed by atoms with van der Waals surface area (Å²) in [6.07, 6.45) is 0. The lowest BCUT2D eigenvalue weighted by atomic mass is 10.1. The van der Waals surface area contributed by atoms with Crippen molar-refractivity contribution in [1.82, 2.24) is 10.6 Å². The second kappa shape index (κ2) is 8.43. The Morgan fingerprint density at radius 1 is 1.00 bits per heavy atom. The number of carbonyl (C=O) groups excluding carboxylic acids is 2. The van der Waals surface area contributed by atoms with E-state index in [1.165, 1.54) is 24.3 Å². The first-order valence-corrected chi connectivity index (χ1v) is 10.2. The molecule has 7 nitrogen and oxygen atoms in total. The number of amides is 2. The third-order valence-corrected chi connectivity index (χ3v) is 5.01. The van der Waals surface area contributed by atoms with Gasteiger partial charge in [0.05, 0.1) is 11.4 Å². The number of hydrogen-bond acceptors (Lipinski definition) is 4. The fraction of sp³-hybridized carbons (Fsp3) is 0.300. The van der Waals surface area contributed by atoms with Crippen LogP contribution in [0.5, 0.6) is 0 Å². The van der Waals surface area contributed by atoms with Crippen LogP contribution in [-0.2, 0) is 14.8 Å². The van der Waals surface area contributed by atoms with Gasteiger partial charge in [-0.2, -0.15) is 0 Å². The third kappa shape index (κ3) is 6.38. The van der Waals surface area contributed by atoms with Crippen LogP contribution in [0.15, 0.2) is 53.4 Å². The van der Waals surface area contributed by atoms with Gasteiger partial charge in [-0.25, -0.2) is 8.42 Å². The fourth-order valence-corrected chi connectivity index (χ4v) is 3.47. The SMILES string of the molecule is Cc1ccc(NS(=O)(=O)c2cccc(C(=O)NCC(=O)NC(C)(C)C)c2)cc1. The second-order valence-electron chi connectivity index (χ2n) is 7.48. The molecule has 2 aromatic carbocycles. The first kappa shape index (κ1) is 21.4. The van der Waals surface area contributed by atoms with Crippen LogP contribution in [-0.4, -0.2) is 32.3 Å². The molecule has 2 amide bonds. The zero-order valence-corrected chi connectivity index (χ0v) is 17.2. The van der Waals surface area contributed by atoms with Crippen LogP contribution in [0.4, 0.5) is 5.69 Å². The molecule has 0 spiro atoms. The normalized spacial score (nSPS) is 11.6. The van der Waals surface area contributed by atoms with E-state index in [-0.39, 0.29) is 22.9 Å². The van der Waals surface area contributed by atoms with Crippen molar-refractivity contribution in [2.45, 2.75) is 38.1 Å². The maximum atomic E-state index is 12.6. The van der Waals surface area contributed by atoms with Crippen molar-refractivity contribution in [2.75, 3.05) is 11.3 Å². The molecule has 0 saturated carbocycles. The lowest BCUT2D eigenvalue weighted by Gasteiger charge is -2.20. The van der Waals surface area contributed by atoms with Gasteiger partial charge in [-0.05, 0) is 58.0 Å². The maximum absolute atomic E-state index is 12.6. The summed E-state index contributed by atoms with van der Waals surface area (Å²) in [5.74, 6) is -0.859. The van der Waals surface area contributed by atoms with Gasteiger partial charge in [-0.15, -0.1) is 0 Å². The van der Waals surface area contributed by atoms with Crippen molar-refractivity contribution in [2.24, 2.45) is 0 Å². The first-order valence-electron chi connectivity index (χ1n) is 8.75. The van der Waals surface area contributed by atoms with E-state index >= 15 is 0 Å². The summed E-state index contributed by atoms with van der Waals surface area (Å²) in [6.45, 7) is 7.21. The molecule has 0 saturated heterocycles. The van der Waals surface area contributed by atoms with E-state index in [4.69, 9.17) is 0 Å². The van der Waals surface area contributed by atoms with Gasteiger partial charge < -0.3 is 10.6 Å². The zero-order chi connectivity index (χ0) is 20.9. The number of anilines is 1. The van der Waals surface area contributed by atoms with Gasteiger partial charge >= 0.3 is 0 Å². The maximum Gasteiger partial charge on any atom is 0.261 e. The van der Waals surface area contributed by atoms with E-state index < -0.39 is 21.5 Å². The van der Waals surface area contributed by atoms with E-state index in [0.29, 0.717) is 5.69 Å². The molecule has 28 heavy (non-hydrogen) atoms. The molecule has 150 valence electrons. The van der Waals surface area contributed by atoms with Gasteiger partial charge in [0, 0.05) is 16.8 Å². The van der Waals surface area contributed by atoms with E-state index in [1.807, 2.05) is 27.7 Å². The lowest BCUT2D eigenvalue weighted by molar-refractivity contribution is -0.121. The molecule has 0 bridgehead atoms. The van der Waals surface area contributed by atoms with E-state index in [2.05, 4.69) is 15.4 Å². The Bertz CT molecular complexity index is 962. The van der Waals surface area contributed by atoms with E-state index in [1.54, 1.807) is 24.3 Å². The quantitative estimate of drug-likeness (QED) is 0.689. The molecule has 2 aromatic rings. The van der Waals surface area contributed by atoms with Gasteiger partial charge in [-0.1, -0.05) is 23.8 Å². The molecule has 0 aliphatic heterocycles. The minimum absolute atomic E-state index is 0.0418. The highest BCUT2D eigenvalue weighted by atomic mass is 32.2. The molecule has 0 aromatic heterocycles. The van der Waals surface area contributed by atoms with Crippen LogP contribution in [0.25, 0.3) is 0 Å². The Hall–Kier alpha value is -2.87. The molecule has 2 rings (SSSR count). The Morgan fingerprint density at radius 3 is 2.25 bits per heavy atom. The van der Waals surface area contributed by atoms with Crippen molar-refractivity contribution in [1.29, 1.82) is 0 Å². The Kier molecular flexibility index (Phi) is 6.45. The van der Waals surface area contributed by atoms with Crippen molar-refractivity contribution in [3.05, 3.63) is 59.7 Å². The molecule has 0 aliphatic carbocycles. The summed E-state index contributed by atoms with van der Waals surface area (Å²) in [6, 6.07) is 12.6. The molecule has 0 atom stereocenters. The monoisotopic (exact) mass is 403 g/mol. The highest BCUT2D eigenvalue weighted by Crippen LogP contribution is 2.17. The second-order valence-corrected chi connectivity index (χ2v) is 9.16. The third-order valence-electron chi connectivity index (χ3n) is 3.63. The van der Waals surface area contributed by atoms with Crippen LogP contribution in [0, 0.1) is 6.92 Å². The highest BCUT2D eigenvalue weighted by Gasteiger charge is 2.18. The van der Waals surface area contributed by atoms with Gasteiger partial charge in [0.1, 0.15) is 0 Å². The number of aryl methyl sites for hydroxylation is 1. The summed E-state index contributed by atoms with van der Waals surface area (Å²) in [7, 11) is -3.85. The Balaban J connectivity index is 2.09. The average Bonchev–Trinajstić information content (AvgIpc) is 2.60. The van der Waals surface area contributed by atoms with Crippen molar-refractivity contribution >= 4 is 27.5 Å². The minimum Gasteiger partial charge on any atom is -0.350 e. The topological polar surface area (TPSA) is 104 Å². The molecule has 0 heterocycles.